The van der Waals surface area contributed by atoms with Crippen molar-refractivity contribution in [3.63, 3.8) is 0 Å². The van der Waals surface area contributed by atoms with Crippen LogP contribution in [0.5, 0.6) is 0 Å². The first-order valence-electron chi connectivity index (χ1n) is 8.87. The van der Waals surface area contributed by atoms with Gasteiger partial charge >= 0.3 is 11.6 Å². The first kappa shape index (κ1) is 18.1. The number of amides is 2. The van der Waals surface area contributed by atoms with Gasteiger partial charge in [-0.1, -0.05) is 4.99 Å². The van der Waals surface area contributed by atoms with Crippen molar-refractivity contribution in [1.82, 2.24) is 4.90 Å². The number of benzene rings is 1. The normalized spacial score (nSPS) is 15.4. The molecule has 2 aromatic rings. The Morgan fingerprint density at radius 1 is 1.32 bits per heavy atom. The summed E-state index contributed by atoms with van der Waals surface area (Å²) in [4.78, 5) is 30.8. The average Bonchev–Trinajstić information content (AvgIpc) is 3.15. The lowest BCUT2D eigenvalue weighted by Crippen LogP contribution is -2.37. The average molecular weight is 383 g/mol. The monoisotopic (exact) mass is 383 g/mol. The molecule has 0 bridgehead atoms. The molecule has 0 unspecified atom stereocenters. The number of hydrogen-bond acceptors (Lipinski definition) is 5. The van der Waals surface area contributed by atoms with Crippen LogP contribution < -0.4 is 15.5 Å². The highest BCUT2D eigenvalue weighted by atomic mass is 19.1. The molecule has 0 fully saturated rings. The first-order valence-corrected chi connectivity index (χ1v) is 8.87. The summed E-state index contributed by atoms with van der Waals surface area (Å²) < 4.78 is 20.6. The van der Waals surface area contributed by atoms with Crippen LogP contribution >= 0.6 is 0 Å². The molecule has 0 spiro atoms. The van der Waals surface area contributed by atoms with Crippen molar-refractivity contribution < 1.29 is 23.0 Å². The van der Waals surface area contributed by atoms with Gasteiger partial charge in [-0.2, -0.15) is 4.24 Å². The van der Waals surface area contributed by atoms with Gasteiger partial charge in [-0.25, -0.2) is 14.1 Å². The van der Waals surface area contributed by atoms with E-state index in [2.05, 4.69) is 4.99 Å². The van der Waals surface area contributed by atoms with Crippen molar-refractivity contribution in [2.45, 2.75) is 32.9 Å². The number of pyridine rings is 1. The Bertz CT molecular complexity index is 1150. The minimum Gasteiger partial charge on any atom is -0.443 e. The molecule has 0 saturated carbocycles. The second-order valence-electron chi connectivity index (χ2n) is 7.76. The van der Waals surface area contributed by atoms with Crippen molar-refractivity contribution >= 4 is 17.7 Å². The Hall–Kier alpha value is -3.29. The van der Waals surface area contributed by atoms with E-state index in [4.69, 9.17) is 10.5 Å². The number of aromatic nitrogens is 1. The third kappa shape index (κ3) is 2.90. The number of carbonyl (C=O) groups is 2. The van der Waals surface area contributed by atoms with Gasteiger partial charge in [0.25, 0.3) is 5.91 Å². The third-order valence-corrected chi connectivity index (χ3v) is 4.62. The van der Waals surface area contributed by atoms with E-state index in [9.17, 15) is 14.0 Å². The van der Waals surface area contributed by atoms with Crippen LogP contribution in [-0.4, -0.2) is 29.0 Å². The van der Waals surface area contributed by atoms with Crippen LogP contribution in [0.3, 0.4) is 0 Å². The summed E-state index contributed by atoms with van der Waals surface area (Å²) in [6.45, 7) is 5.60. The summed E-state index contributed by atoms with van der Waals surface area (Å²) in [6, 6.07) is 6.14. The molecule has 2 amide bonds. The number of ether oxygens (including phenoxy) is 1. The van der Waals surface area contributed by atoms with Crippen LogP contribution in [0.2, 0.25) is 0 Å². The molecule has 2 N–H and O–H groups in total. The van der Waals surface area contributed by atoms with Crippen molar-refractivity contribution in [3.05, 3.63) is 64.2 Å². The van der Waals surface area contributed by atoms with Crippen LogP contribution in [0, 0.1) is 11.5 Å². The number of nitrogens with two attached hydrogens (primary N) is 1. The fourth-order valence-electron chi connectivity index (χ4n) is 3.44. The van der Waals surface area contributed by atoms with E-state index in [1.54, 1.807) is 43.3 Å². The van der Waals surface area contributed by atoms with Crippen molar-refractivity contribution in [2.24, 2.45) is 4.99 Å². The maximum Gasteiger partial charge on any atom is 0.417 e. The molecule has 1 aromatic carbocycles. The topological polar surface area (TPSA) is 90.9 Å². The van der Waals surface area contributed by atoms with Crippen LogP contribution in [0.15, 0.2) is 35.5 Å². The zero-order valence-electron chi connectivity index (χ0n) is 15.8. The Labute approximate surface area is 160 Å². The van der Waals surface area contributed by atoms with Crippen LogP contribution in [-0.2, 0) is 11.3 Å². The quantitative estimate of drug-likeness (QED) is 0.599. The summed E-state index contributed by atoms with van der Waals surface area (Å²) in [5.41, 5.74) is 8.61. The maximum absolute atomic E-state index is 13.5. The van der Waals surface area contributed by atoms with Gasteiger partial charge in [0.2, 0.25) is 0 Å². The molecule has 0 radical (unpaired) electrons. The SMILES string of the molecule is CC(C)(C)OC(=O)N1Cc2c(C3=[n+]4ccc(F)cc4=NC3)ccc(N)c2C1=O. The number of nitrogen functional groups attached to an aromatic ring is 1. The molecule has 28 heavy (non-hydrogen) atoms. The zero-order chi connectivity index (χ0) is 20.2. The molecule has 0 aliphatic carbocycles. The minimum atomic E-state index is -0.724. The molecular formula is C20H20FN4O3+. The largest absolute Gasteiger partial charge is 0.443 e. The standard InChI is InChI=1S/C20H19FN4O3/c1-20(2,3)28-19(27)25-10-13-12(4-5-14(22)17(13)18(25)26)15-9-23-16-8-11(21)6-7-24(15)16/h4-8,22H,9-10H2,1-3H3/p+1. The van der Waals surface area contributed by atoms with Crippen molar-refractivity contribution in [2.75, 3.05) is 12.3 Å². The lowest BCUT2D eigenvalue weighted by molar-refractivity contribution is -0.532. The fourth-order valence-corrected chi connectivity index (χ4v) is 3.44. The lowest BCUT2D eigenvalue weighted by atomic mass is 9.98. The number of fused-ring (bicyclic) bond motifs is 2. The van der Waals surface area contributed by atoms with E-state index in [0.717, 1.165) is 16.2 Å². The summed E-state index contributed by atoms with van der Waals surface area (Å²) in [5, 5.41) is 0. The first-order chi connectivity index (χ1) is 13.2. The maximum atomic E-state index is 13.5. The molecule has 3 heterocycles. The number of nitrogens with zero attached hydrogens (tertiary/aromatic N) is 3. The van der Waals surface area contributed by atoms with Crippen molar-refractivity contribution in [1.29, 1.82) is 0 Å². The van der Waals surface area contributed by atoms with Crippen LogP contribution in [0.1, 0.15) is 42.3 Å². The molecule has 0 atom stereocenters. The highest BCUT2D eigenvalue weighted by Crippen LogP contribution is 2.33. The van der Waals surface area contributed by atoms with Gasteiger partial charge < -0.3 is 10.5 Å². The Balaban J connectivity index is 1.82. The number of halogens is 1. The molecule has 1 aromatic heterocycles. The molecule has 8 heteroatoms. The Morgan fingerprint density at radius 2 is 2.07 bits per heavy atom. The van der Waals surface area contributed by atoms with Gasteiger partial charge in [-0.15, -0.1) is 0 Å². The summed E-state index contributed by atoms with van der Waals surface area (Å²) in [6.07, 6.45) is 0.886. The summed E-state index contributed by atoms with van der Waals surface area (Å²) in [5.74, 6) is -0.853. The second-order valence-corrected chi connectivity index (χ2v) is 7.76. The van der Waals surface area contributed by atoms with Crippen LogP contribution in [0.25, 0.3) is 0 Å². The molecule has 4 rings (SSSR count). The summed E-state index contributed by atoms with van der Waals surface area (Å²) >= 11 is 0. The van der Waals surface area contributed by atoms with E-state index >= 15 is 0 Å². The van der Waals surface area contributed by atoms with Gasteiger partial charge in [-0.3, -0.25) is 4.79 Å². The van der Waals surface area contributed by atoms with Gasteiger partial charge in [0, 0.05) is 17.3 Å². The molecular weight excluding hydrogens is 363 g/mol. The predicted octanol–water partition coefficient (Wildman–Crippen LogP) is 1.65. The van der Waals surface area contributed by atoms with Crippen molar-refractivity contribution in [3.8, 4) is 0 Å². The second kappa shape index (κ2) is 6.12. The molecule has 2 aliphatic rings. The lowest BCUT2D eigenvalue weighted by Gasteiger charge is -2.23. The highest BCUT2D eigenvalue weighted by molar-refractivity contribution is 6.10. The zero-order valence-corrected chi connectivity index (χ0v) is 15.8. The highest BCUT2D eigenvalue weighted by Gasteiger charge is 2.39. The van der Waals surface area contributed by atoms with Crippen LogP contribution in [0.4, 0.5) is 14.9 Å². The van der Waals surface area contributed by atoms with Gasteiger partial charge in [0.05, 0.1) is 24.4 Å². The number of carbonyl (C=O) groups excluding carboxylic acids is 2. The smallest absolute Gasteiger partial charge is 0.417 e. The van der Waals surface area contributed by atoms with Gasteiger partial charge in [0.15, 0.2) is 12.3 Å². The number of rotatable bonds is 1. The minimum absolute atomic E-state index is 0.0596. The molecule has 7 nitrogen and oxygen atoms in total. The van der Waals surface area contributed by atoms with E-state index in [-0.39, 0.29) is 12.4 Å². The molecule has 0 saturated heterocycles. The van der Waals surface area contributed by atoms with Gasteiger partial charge in [-0.05, 0) is 38.5 Å². The number of imide groups is 1. The van der Waals surface area contributed by atoms with E-state index in [1.807, 2.05) is 0 Å². The van der Waals surface area contributed by atoms with Gasteiger partial charge in [0.1, 0.15) is 11.4 Å². The molecule has 2 aliphatic heterocycles. The molecule has 144 valence electrons. The van der Waals surface area contributed by atoms with E-state index < -0.39 is 17.6 Å². The fraction of sp³-hybridized carbons (Fsp3) is 0.300. The number of hydrogen-bond donors (Lipinski definition) is 1. The number of anilines is 1. The Kier molecular flexibility index (Phi) is 3.95. The predicted molar refractivity (Wildman–Crippen MR) is 97.3 cm³/mol. The Morgan fingerprint density at radius 3 is 2.79 bits per heavy atom. The van der Waals surface area contributed by atoms with E-state index in [1.165, 1.54) is 12.1 Å². The van der Waals surface area contributed by atoms with E-state index in [0.29, 0.717) is 28.8 Å². The summed E-state index contributed by atoms with van der Waals surface area (Å²) in [7, 11) is 0. The third-order valence-electron chi connectivity index (χ3n) is 4.62.